The Morgan fingerprint density at radius 2 is 2.29 bits per heavy atom. The van der Waals surface area contributed by atoms with E-state index in [1.54, 1.807) is 0 Å². The van der Waals surface area contributed by atoms with Gasteiger partial charge in [-0.25, -0.2) is 0 Å². The van der Waals surface area contributed by atoms with E-state index in [0.29, 0.717) is 0 Å². The molecule has 1 saturated heterocycles. The van der Waals surface area contributed by atoms with Crippen LogP contribution in [0.15, 0.2) is 0 Å². The lowest BCUT2D eigenvalue weighted by molar-refractivity contribution is 0.588. The lowest BCUT2D eigenvalue weighted by Gasteiger charge is -2.23. The zero-order valence-electron chi connectivity index (χ0n) is 4.39. The minimum Gasteiger partial charge on any atom is -0.330 e. The minimum atomic E-state index is 0.880. The molecular formula is C5H11NS. The topological polar surface area (TPSA) is 26.0 Å². The fourth-order valence-electron chi connectivity index (χ4n) is 0.687. The van der Waals surface area contributed by atoms with Gasteiger partial charge in [0.2, 0.25) is 0 Å². The number of nitrogens with two attached hydrogens (primary N) is 1. The Balaban J connectivity index is 1.93. The second-order valence-electron chi connectivity index (χ2n) is 1.98. The van der Waals surface area contributed by atoms with E-state index in [0.717, 1.165) is 12.5 Å². The third-order valence-electron chi connectivity index (χ3n) is 1.28. The molecule has 0 aromatic carbocycles. The van der Waals surface area contributed by atoms with Gasteiger partial charge in [0.25, 0.3) is 0 Å². The summed E-state index contributed by atoms with van der Waals surface area (Å²) in [6.45, 7) is 0.880. The molecule has 1 rings (SSSR count). The quantitative estimate of drug-likeness (QED) is 0.576. The molecule has 0 spiro atoms. The summed E-state index contributed by atoms with van der Waals surface area (Å²) < 4.78 is 0. The molecule has 0 radical (unpaired) electrons. The molecule has 0 atom stereocenters. The molecule has 1 heterocycles. The first-order valence-corrected chi connectivity index (χ1v) is 3.87. The third kappa shape index (κ3) is 1.35. The molecule has 7 heavy (non-hydrogen) atoms. The second-order valence-corrected chi connectivity index (χ2v) is 3.06. The van der Waals surface area contributed by atoms with Crippen molar-refractivity contribution >= 4 is 11.8 Å². The number of hydrogen-bond acceptors (Lipinski definition) is 2. The Hall–Kier alpha value is 0.310. The van der Waals surface area contributed by atoms with Crippen LogP contribution in [0.5, 0.6) is 0 Å². The fraction of sp³-hybridized carbons (Fsp3) is 1.00. The maximum Gasteiger partial charge on any atom is -0.00307 e. The van der Waals surface area contributed by atoms with E-state index >= 15 is 0 Å². The maximum atomic E-state index is 5.33. The Labute approximate surface area is 48.7 Å². The highest BCUT2D eigenvalue weighted by atomic mass is 32.2. The molecule has 2 heteroatoms. The van der Waals surface area contributed by atoms with Gasteiger partial charge < -0.3 is 5.73 Å². The SMILES string of the molecule is NCCC1CSC1. The largest absolute Gasteiger partial charge is 0.330 e. The fourth-order valence-corrected chi connectivity index (χ4v) is 1.59. The molecule has 0 aliphatic carbocycles. The molecule has 0 aromatic rings. The molecule has 0 aromatic heterocycles. The van der Waals surface area contributed by atoms with Crippen molar-refractivity contribution in [3.8, 4) is 0 Å². The summed E-state index contributed by atoms with van der Waals surface area (Å²) in [7, 11) is 0. The highest BCUT2D eigenvalue weighted by molar-refractivity contribution is 8.00. The highest BCUT2D eigenvalue weighted by Crippen LogP contribution is 2.26. The van der Waals surface area contributed by atoms with E-state index < -0.39 is 0 Å². The van der Waals surface area contributed by atoms with Crippen LogP contribution < -0.4 is 5.73 Å². The predicted octanol–water partition coefficient (Wildman–Crippen LogP) is 0.698. The van der Waals surface area contributed by atoms with Gasteiger partial charge in [-0.15, -0.1) is 0 Å². The first-order valence-electron chi connectivity index (χ1n) is 2.71. The van der Waals surface area contributed by atoms with Crippen molar-refractivity contribution in [2.45, 2.75) is 6.42 Å². The van der Waals surface area contributed by atoms with Gasteiger partial charge in [0, 0.05) is 0 Å². The standard InChI is InChI=1S/C5H11NS/c6-2-1-5-3-7-4-5/h5H,1-4,6H2. The van der Waals surface area contributed by atoms with Crippen LogP contribution in [-0.4, -0.2) is 18.1 Å². The molecule has 1 aliphatic heterocycles. The molecule has 2 N–H and O–H groups in total. The van der Waals surface area contributed by atoms with E-state index in [-0.39, 0.29) is 0 Å². The summed E-state index contributed by atoms with van der Waals surface area (Å²) in [5.74, 6) is 3.68. The van der Waals surface area contributed by atoms with Crippen LogP contribution >= 0.6 is 11.8 Å². The van der Waals surface area contributed by atoms with Crippen molar-refractivity contribution in [3.63, 3.8) is 0 Å². The van der Waals surface area contributed by atoms with E-state index in [9.17, 15) is 0 Å². The van der Waals surface area contributed by atoms with Crippen molar-refractivity contribution in [1.29, 1.82) is 0 Å². The van der Waals surface area contributed by atoms with Crippen molar-refractivity contribution < 1.29 is 0 Å². The second kappa shape index (κ2) is 2.58. The molecule has 1 aliphatic rings. The molecule has 42 valence electrons. The van der Waals surface area contributed by atoms with Crippen molar-refractivity contribution in [1.82, 2.24) is 0 Å². The van der Waals surface area contributed by atoms with Crippen LogP contribution in [0, 0.1) is 5.92 Å². The molecule has 1 nitrogen and oxygen atoms in total. The van der Waals surface area contributed by atoms with Gasteiger partial charge in [0.05, 0.1) is 0 Å². The molecule has 1 fully saturated rings. The van der Waals surface area contributed by atoms with Gasteiger partial charge in [0.15, 0.2) is 0 Å². The smallest absolute Gasteiger partial charge is 0.00307 e. The van der Waals surface area contributed by atoms with Crippen molar-refractivity contribution in [2.75, 3.05) is 18.1 Å². The molecular weight excluding hydrogens is 106 g/mol. The predicted molar refractivity (Wildman–Crippen MR) is 34.5 cm³/mol. The lowest BCUT2D eigenvalue weighted by Crippen LogP contribution is -2.21. The molecule has 0 unspecified atom stereocenters. The third-order valence-corrected chi connectivity index (χ3v) is 2.70. The van der Waals surface area contributed by atoms with E-state index in [1.807, 2.05) is 11.8 Å². The number of thioether (sulfide) groups is 1. The van der Waals surface area contributed by atoms with E-state index in [1.165, 1.54) is 17.9 Å². The average Bonchev–Trinajstić information content (AvgIpc) is 1.55. The van der Waals surface area contributed by atoms with E-state index in [2.05, 4.69) is 0 Å². The van der Waals surface area contributed by atoms with Crippen LogP contribution in [0.3, 0.4) is 0 Å². The molecule has 0 bridgehead atoms. The summed E-state index contributed by atoms with van der Waals surface area (Å²) in [6, 6.07) is 0. The summed E-state index contributed by atoms with van der Waals surface area (Å²) in [5, 5.41) is 0. The van der Waals surface area contributed by atoms with Gasteiger partial charge in [-0.05, 0) is 30.4 Å². The molecule has 0 amide bonds. The Morgan fingerprint density at radius 1 is 1.57 bits per heavy atom. The van der Waals surface area contributed by atoms with Crippen molar-refractivity contribution in [3.05, 3.63) is 0 Å². The summed E-state index contributed by atoms with van der Waals surface area (Å²) in [6.07, 6.45) is 1.24. The lowest BCUT2D eigenvalue weighted by atomic mass is 10.1. The average molecular weight is 117 g/mol. The van der Waals surface area contributed by atoms with Crippen LogP contribution in [0.25, 0.3) is 0 Å². The normalized spacial score (nSPS) is 21.9. The minimum absolute atomic E-state index is 0.880. The molecule has 0 saturated carbocycles. The number of rotatable bonds is 2. The van der Waals surface area contributed by atoms with Crippen LogP contribution in [0.1, 0.15) is 6.42 Å². The van der Waals surface area contributed by atoms with Gasteiger partial charge in [-0.1, -0.05) is 0 Å². The summed E-state index contributed by atoms with van der Waals surface area (Å²) in [5.41, 5.74) is 5.33. The number of hydrogen-bond donors (Lipinski definition) is 1. The van der Waals surface area contributed by atoms with Gasteiger partial charge >= 0.3 is 0 Å². The first kappa shape index (κ1) is 5.45. The summed E-state index contributed by atoms with van der Waals surface area (Å²) >= 11 is 2.03. The monoisotopic (exact) mass is 117 g/mol. The Bertz CT molecular complexity index is 52.0. The Kier molecular flexibility index (Phi) is 2.00. The zero-order valence-corrected chi connectivity index (χ0v) is 5.21. The van der Waals surface area contributed by atoms with Gasteiger partial charge in [-0.2, -0.15) is 11.8 Å². The van der Waals surface area contributed by atoms with Crippen molar-refractivity contribution in [2.24, 2.45) is 11.7 Å². The van der Waals surface area contributed by atoms with Crippen LogP contribution in [0.2, 0.25) is 0 Å². The Morgan fingerprint density at radius 3 is 2.43 bits per heavy atom. The van der Waals surface area contributed by atoms with E-state index in [4.69, 9.17) is 5.73 Å². The zero-order chi connectivity index (χ0) is 5.11. The van der Waals surface area contributed by atoms with Crippen LogP contribution in [-0.2, 0) is 0 Å². The first-order chi connectivity index (χ1) is 3.43. The van der Waals surface area contributed by atoms with Crippen LogP contribution in [0.4, 0.5) is 0 Å². The summed E-state index contributed by atoms with van der Waals surface area (Å²) in [4.78, 5) is 0. The highest BCUT2D eigenvalue weighted by Gasteiger charge is 2.15. The maximum absolute atomic E-state index is 5.33. The van der Waals surface area contributed by atoms with Gasteiger partial charge in [-0.3, -0.25) is 0 Å². The van der Waals surface area contributed by atoms with Gasteiger partial charge in [0.1, 0.15) is 0 Å².